The number of sulfone groups is 1. The van der Waals surface area contributed by atoms with Gasteiger partial charge in [-0.15, -0.1) is 0 Å². The molecule has 0 unspecified atom stereocenters. The van der Waals surface area contributed by atoms with Crippen LogP contribution in [0.2, 0.25) is 0 Å². The molecule has 3 aromatic rings. The van der Waals surface area contributed by atoms with Crippen molar-refractivity contribution in [3.8, 4) is 0 Å². The first-order chi connectivity index (χ1) is 25.6. The van der Waals surface area contributed by atoms with E-state index in [1.54, 1.807) is 24.3 Å². The van der Waals surface area contributed by atoms with Crippen LogP contribution >= 0.6 is 0 Å². The minimum atomic E-state index is -3.70. The number of carbonyl (C=O) groups is 2. The van der Waals surface area contributed by atoms with Crippen LogP contribution in [-0.2, 0) is 24.8 Å². The number of amides is 1. The quantitative estimate of drug-likeness (QED) is 0.220. The van der Waals surface area contributed by atoms with Crippen LogP contribution in [0, 0.1) is 29.5 Å². The molecular formula is C42H53FN4O5S. The molecular weight excluding hydrogens is 692 g/mol. The molecule has 53 heavy (non-hydrogen) atoms. The van der Waals surface area contributed by atoms with Crippen LogP contribution in [0.1, 0.15) is 60.9 Å². The van der Waals surface area contributed by atoms with Crippen molar-refractivity contribution in [3.63, 3.8) is 0 Å². The van der Waals surface area contributed by atoms with E-state index in [1.807, 2.05) is 18.2 Å². The maximum Gasteiger partial charge on any atom is 0.305 e. The average molecular weight is 745 g/mol. The van der Waals surface area contributed by atoms with Gasteiger partial charge in [0.2, 0.25) is 9.84 Å². The number of likely N-dealkylation sites (tertiary alicyclic amines) is 2. The Balaban J connectivity index is 0.990. The summed E-state index contributed by atoms with van der Waals surface area (Å²) < 4.78 is 46.7. The molecule has 0 spiro atoms. The zero-order valence-electron chi connectivity index (χ0n) is 31.0. The number of benzene rings is 3. The van der Waals surface area contributed by atoms with Gasteiger partial charge in [0.15, 0.2) is 0 Å². The van der Waals surface area contributed by atoms with Crippen LogP contribution < -0.4 is 10.2 Å². The first-order valence-corrected chi connectivity index (χ1v) is 20.8. The second-order valence-corrected chi connectivity index (χ2v) is 17.7. The number of methoxy groups -OCH3 is 1. The number of ether oxygens (including phenoxy) is 1. The lowest BCUT2D eigenvalue weighted by atomic mass is 9.56. The Morgan fingerprint density at radius 2 is 1.55 bits per heavy atom. The topological polar surface area (TPSA) is 99.3 Å². The summed E-state index contributed by atoms with van der Waals surface area (Å²) in [5.41, 5.74) is 2.31. The van der Waals surface area contributed by atoms with E-state index in [1.165, 1.54) is 44.8 Å². The lowest BCUT2D eigenvalue weighted by Gasteiger charge is -2.54. The molecule has 0 bridgehead atoms. The van der Waals surface area contributed by atoms with Crippen LogP contribution in [0.5, 0.6) is 0 Å². The van der Waals surface area contributed by atoms with E-state index < -0.39 is 9.84 Å². The lowest BCUT2D eigenvalue weighted by molar-refractivity contribution is -0.142. The van der Waals surface area contributed by atoms with Gasteiger partial charge in [0.25, 0.3) is 5.91 Å². The largest absolute Gasteiger partial charge is 0.469 e. The Bertz CT molecular complexity index is 1850. The zero-order chi connectivity index (χ0) is 37.2. The van der Waals surface area contributed by atoms with Crippen LogP contribution in [0.4, 0.5) is 10.1 Å². The molecule has 4 fully saturated rings. The molecule has 3 aliphatic heterocycles. The molecule has 3 heterocycles. The number of hydrogen-bond acceptors (Lipinski definition) is 8. The summed E-state index contributed by atoms with van der Waals surface area (Å²) in [6.45, 7) is 7.95. The molecule has 1 N–H and O–H groups in total. The third kappa shape index (κ3) is 7.75. The van der Waals surface area contributed by atoms with Gasteiger partial charge >= 0.3 is 5.97 Å². The monoisotopic (exact) mass is 744 g/mol. The number of nitrogens with zero attached hydrogens (tertiary/aromatic N) is 3. The molecule has 284 valence electrons. The van der Waals surface area contributed by atoms with Crippen molar-refractivity contribution in [1.82, 2.24) is 15.1 Å². The molecule has 0 aromatic heterocycles. The summed E-state index contributed by atoms with van der Waals surface area (Å²) in [4.78, 5) is 32.3. The van der Waals surface area contributed by atoms with Gasteiger partial charge < -0.3 is 24.8 Å². The molecule has 11 heteroatoms. The van der Waals surface area contributed by atoms with Gasteiger partial charge in [-0.25, -0.2) is 12.8 Å². The Labute approximate surface area is 313 Å². The minimum Gasteiger partial charge on any atom is -0.469 e. The fraction of sp³-hybridized carbons (Fsp3) is 0.524. The van der Waals surface area contributed by atoms with Crippen LogP contribution in [0.3, 0.4) is 0 Å². The highest BCUT2D eigenvalue weighted by atomic mass is 32.2. The summed E-state index contributed by atoms with van der Waals surface area (Å²) in [5, 5.41) is 2.55. The predicted molar refractivity (Wildman–Crippen MR) is 203 cm³/mol. The number of piperidine rings is 1. The Kier molecular flexibility index (Phi) is 11.2. The molecule has 9 nitrogen and oxygen atoms in total. The van der Waals surface area contributed by atoms with Gasteiger partial charge in [-0.05, 0) is 142 Å². The van der Waals surface area contributed by atoms with Crippen molar-refractivity contribution in [3.05, 3.63) is 89.7 Å². The fourth-order valence-electron chi connectivity index (χ4n) is 9.83. The zero-order valence-corrected chi connectivity index (χ0v) is 31.8. The highest BCUT2D eigenvalue weighted by molar-refractivity contribution is 7.91. The van der Waals surface area contributed by atoms with E-state index in [0.717, 1.165) is 95.7 Å². The van der Waals surface area contributed by atoms with Crippen molar-refractivity contribution < 1.29 is 27.1 Å². The van der Waals surface area contributed by atoms with Gasteiger partial charge in [-0.3, -0.25) is 9.59 Å². The van der Waals surface area contributed by atoms with Crippen LogP contribution in [0.15, 0.2) is 82.6 Å². The summed E-state index contributed by atoms with van der Waals surface area (Å²) in [6, 6.07) is 20.5. The second kappa shape index (κ2) is 15.9. The average Bonchev–Trinajstić information content (AvgIpc) is 3.61. The van der Waals surface area contributed by atoms with Gasteiger partial charge in [-0.2, -0.15) is 0 Å². The number of hydrogen-bond donors (Lipinski definition) is 1. The number of nitrogens with one attached hydrogen (secondary N) is 1. The first kappa shape index (κ1) is 37.5. The predicted octanol–water partition coefficient (Wildman–Crippen LogP) is 5.79. The van der Waals surface area contributed by atoms with Gasteiger partial charge in [-0.1, -0.05) is 18.6 Å². The van der Waals surface area contributed by atoms with Crippen molar-refractivity contribution in [1.29, 1.82) is 0 Å². The van der Waals surface area contributed by atoms with Crippen molar-refractivity contribution in [2.45, 2.75) is 60.2 Å². The third-order valence-corrected chi connectivity index (χ3v) is 14.5. The summed E-state index contributed by atoms with van der Waals surface area (Å²) in [6.07, 6.45) is 6.89. The van der Waals surface area contributed by atoms with Crippen molar-refractivity contribution in [2.24, 2.45) is 23.7 Å². The molecule has 1 saturated carbocycles. The summed E-state index contributed by atoms with van der Waals surface area (Å²) >= 11 is 0. The molecule has 1 aliphatic carbocycles. The number of carbonyl (C=O) groups excluding carboxylic acids is 2. The van der Waals surface area contributed by atoms with E-state index >= 15 is 4.39 Å². The van der Waals surface area contributed by atoms with E-state index in [-0.39, 0.29) is 38.8 Å². The van der Waals surface area contributed by atoms with E-state index in [0.29, 0.717) is 29.7 Å². The number of anilines is 1. The number of rotatable bonds is 13. The van der Waals surface area contributed by atoms with Gasteiger partial charge in [0.1, 0.15) is 5.82 Å². The van der Waals surface area contributed by atoms with E-state index in [9.17, 15) is 18.0 Å². The van der Waals surface area contributed by atoms with Crippen molar-refractivity contribution >= 4 is 27.4 Å². The van der Waals surface area contributed by atoms with Crippen molar-refractivity contribution in [2.75, 3.05) is 71.4 Å². The molecule has 7 rings (SSSR count). The Hall–Kier alpha value is -3.80. The molecule has 1 amide bonds. The van der Waals surface area contributed by atoms with Gasteiger partial charge in [0.05, 0.1) is 16.9 Å². The third-order valence-electron chi connectivity index (χ3n) is 12.7. The van der Waals surface area contributed by atoms with Crippen LogP contribution in [0.25, 0.3) is 0 Å². The highest BCUT2D eigenvalue weighted by Gasteiger charge is 2.53. The summed E-state index contributed by atoms with van der Waals surface area (Å²) in [5.74, 6) is 0.874. The first-order valence-electron chi connectivity index (χ1n) is 19.3. The summed E-state index contributed by atoms with van der Waals surface area (Å²) in [7, 11) is -0.687. The molecule has 4 aliphatic rings. The van der Waals surface area contributed by atoms with E-state index in [2.05, 4.69) is 26.1 Å². The maximum absolute atomic E-state index is 15.0. The Morgan fingerprint density at radius 3 is 2.15 bits per heavy atom. The number of esters is 1. The number of halogens is 1. The fourth-order valence-corrected chi connectivity index (χ4v) is 11.1. The molecule has 3 aromatic carbocycles. The minimum absolute atomic E-state index is 0.143. The smallest absolute Gasteiger partial charge is 0.305 e. The maximum atomic E-state index is 15.0. The molecule has 3 saturated heterocycles. The highest BCUT2D eigenvalue weighted by Crippen LogP contribution is 2.54. The Morgan fingerprint density at radius 1 is 0.868 bits per heavy atom. The molecule has 0 radical (unpaired) electrons. The van der Waals surface area contributed by atoms with Gasteiger partial charge in [0, 0.05) is 62.2 Å². The normalized spacial score (nSPS) is 22.8. The lowest BCUT2D eigenvalue weighted by Crippen LogP contribution is -2.58. The SMILES string of the molecule is CNC(=O)c1ccc(S(=O)(=O)c2ccc(N3CC(CN4CCC([C@@](CN5CCC5)(c5cccc(F)c5)[C@H]5CCC[C@@H]5CC(=O)OC)CC4)C3)cc2)cc1. The molecule has 3 atom stereocenters. The van der Waals surface area contributed by atoms with Crippen LogP contribution in [-0.4, -0.2) is 96.6 Å². The second-order valence-electron chi connectivity index (χ2n) is 15.7. The standard InChI is InChI=1S/C42H53FN4O5S/c1-44-41(49)31-10-14-37(15-11-31)53(50,51)38-16-12-36(13-17-38)47-27-30(28-47)26-45-22-18-33(19-23-45)42(29-46-20-5-21-46,34-7-4-8-35(43)25-34)39-9-3-6-32(39)24-40(48)52-2/h4,7-8,10-17,25,30,32-33,39H,3,5-6,9,18-24,26-29H2,1-2H3,(H,44,49)/t32-,39+,42+/m1/s1. The van der Waals surface area contributed by atoms with E-state index in [4.69, 9.17) is 4.74 Å².